The van der Waals surface area contributed by atoms with E-state index >= 15 is 0 Å². The van der Waals surface area contributed by atoms with Gasteiger partial charge in [0.2, 0.25) is 0 Å². The Balaban J connectivity index is 2.27. The van der Waals surface area contributed by atoms with Crippen molar-refractivity contribution in [1.29, 1.82) is 0 Å². The van der Waals surface area contributed by atoms with Crippen LogP contribution < -0.4 is 5.32 Å². The number of benzene rings is 1. The van der Waals surface area contributed by atoms with Crippen molar-refractivity contribution < 1.29 is 19.8 Å². The molecule has 0 spiro atoms. The number of phenols is 1. The third kappa shape index (κ3) is 2.65. The summed E-state index contributed by atoms with van der Waals surface area (Å²) in [5, 5.41) is 28.1. The Bertz CT molecular complexity index is 628. The number of hydrogen-bond acceptors (Lipinski definition) is 5. The zero-order valence-corrected chi connectivity index (χ0v) is 9.57. The fourth-order valence-electron chi connectivity index (χ4n) is 1.44. The summed E-state index contributed by atoms with van der Waals surface area (Å²) in [6.45, 7) is 0. The Kier molecular flexibility index (Phi) is 3.37. The normalized spacial score (nSPS) is 9.89. The van der Waals surface area contributed by atoms with E-state index in [1.807, 2.05) is 0 Å². The molecule has 0 aliphatic heterocycles. The molecule has 0 radical (unpaired) electrons. The molecule has 0 aliphatic carbocycles. The van der Waals surface area contributed by atoms with E-state index in [2.05, 4.69) is 15.5 Å². The van der Waals surface area contributed by atoms with E-state index in [9.17, 15) is 14.7 Å². The number of rotatable bonds is 3. The smallest absolute Gasteiger partial charge is 0.339 e. The van der Waals surface area contributed by atoms with E-state index in [1.54, 1.807) is 0 Å². The zero-order chi connectivity index (χ0) is 13.8. The van der Waals surface area contributed by atoms with E-state index < -0.39 is 17.6 Å². The number of para-hydroxylation sites is 1. The number of aromatic carboxylic acids is 1. The Morgan fingerprint density at radius 3 is 2.58 bits per heavy atom. The third-order valence-corrected chi connectivity index (χ3v) is 2.36. The SMILES string of the molecule is O=C(Nc1cccc(C(=O)O)c1O)c1ccnnc1. The molecule has 1 amide bonds. The van der Waals surface area contributed by atoms with Gasteiger partial charge in [-0.3, -0.25) is 4.79 Å². The van der Waals surface area contributed by atoms with Crippen molar-refractivity contribution in [3.05, 3.63) is 47.8 Å². The van der Waals surface area contributed by atoms with E-state index in [1.165, 1.54) is 36.7 Å². The predicted octanol–water partition coefficient (Wildman–Crippen LogP) is 1.13. The fourth-order valence-corrected chi connectivity index (χ4v) is 1.44. The highest BCUT2D eigenvalue weighted by atomic mass is 16.4. The number of nitrogens with one attached hydrogen (secondary N) is 1. The topological polar surface area (TPSA) is 112 Å². The summed E-state index contributed by atoms with van der Waals surface area (Å²) < 4.78 is 0. The van der Waals surface area contributed by atoms with Gasteiger partial charge in [-0.2, -0.15) is 10.2 Å². The molecule has 0 saturated carbocycles. The number of aromatic hydroxyl groups is 1. The minimum atomic E-state index is -1.28. The maximum Gasteiger partial charge on any atom is 0.339 e. The highest BCUT2D eigenvalue weighted by Gasteiger charge is 2.15. The summed E-state index contributed by atoms with van der Waals surface area (Å²) in [5.74, 6) is -2.29. The van der Waals surface area contributed by atoms with Crippen LogP contribution in [0.4, 0.5) is 5.69 Å². The lowest BCUT2D eigenvalue weighted by Gasteiger charge is -2.08. The number of carbonyl (C=O) groups excluding carboxylic acids is 1. The minimum absolute atomic E-state index is 0.0155. The molecule has 0 atom stereocenters. The molecule has 7 nitrogen and oxygen atoms in total. The number of carbonyl (C=O) groups is 2. The van der Waals surface area contributed by atoms with Crippen molar-refractivity contribution in [2.24, 2.45) is 0 Å². The van der Waals surface area contributed by atoms with Gasteiger partial charge in [-0.15, -0.1) is 0 Å². The van der Waals surface area contributed by atoms with E-state index in [0.717, 1.165) is 0 Å². The van der Waals surface area contributed by atoms with Crippen molar-refractivity contribution in [1.82, 2.24) is 10.2 Å². The van der Waals surface area contributed by atoms with Gasteiger partial charge < -0.3 is 15.5 Å². The van der Waals surface area contributed by atoms with Gasteiger partial charge in [0, 0.05) is 0 Å². The number of aromatic nitrogens is 2. The highest BCUT2D eigenvalue weighted by molar-refractivity contribution is 6.06. The van der Waals surface area contributed by atoms with Crippen molar-refractivity contribution in [3.8, 4) is 5.75 Å². The van der Waals surface area contributed by atoms with Crippen LogP contribution in [0.3, 0.4) is 0 Å². The molecular weight excluding hydrogens is 250 g/mol. The Labute approximate surface area is 107 Å². The maximum absolute atomic E-state index is 11.8. The van der Waals surface area contributed by atoms with Crippen LogP contribution in [0.15, 0.2) is 36.7 Å². The van der Waals surface area contributed by atoms with Crippen LogP contribution >= 0.6 is 0 Å². The first-order chi connectivity index (χ1) is 9.09. The summed E-state index contributed by atoms with van der Waals surface area (Å²) in [6, 6.07) is 5.50. The van der Waals surface area contributed by atoms with Crippen LogP contribution in [0, 0.1) is 0 Å². The number of amides is 1. The number of carboxylic acids is 1. The number of hydrogen-bond donors (Lipinski definition) is 3. The summed E-state index contributed by atoms with van der Waals surface area (Å²) in [4.78, 5) is 22.6. The molecule has 0 saturated heterocycles. The number of anilines is 1. The molecular formula is C12H9N3O4. The van der Waals surface area contributed by atoms with Crippen LogP contribution in [0.5, 0.6) is 5.75 Å². The van der Waals surface area contributed by atoms with Gasteiger partial charge in [-0.1, -0.05) is 6.07 Å². The molecule has 1 aromatic carbocycles. The van der Waals surface area contributed by atoms with Gasteiger partial charge in [0.05, 0.1) is 23.6 Å². The van der Waals surface area contributed by atoms with Gasteiger partial charge in [0.1, 0.15) is 5.56 Å². The van der Waals surface area contributed by atoms with E-state index in [0.29, 0.717) is 0 Å². The van der Waals surface area contributed by atoms with Crippen LogP contribution in [0.25, 0.3) is 0 Å². The van der Waals surface area contributed by atoms with Crippen molar-refractivity contribution >= 4 is 17.6 Å². The van der Waals surface area contributed by atoms with Gasteiger partial charge in [0.15, 0.2) is 5.75 Å². The van der Waals surface area contributed by atoms with Gasteiger partial charge in [0.25, 0.3) is 5.91 Å². The molecule has 96 valence electrons. The van der Waals surface area contributed by atoms with Crippen LogP contribution in [0.1, 0.15) is 20.7 Å². The van der Waals surface area contributed by atoms with Gasteiger partial charge >= 0.3 is 5.97 Å². The summed E-state index contributed by atoms with van der Waals surface area (Å²) in [5.41, 5.74) is -0.0255. The van der Waals surface area contributed by atoms with Crippen molar-refractivity contribution in [2.45, 2.75) is 0 Å². The van der Waals surface area contributed by atoms with E-state index in [-0.39, 0.29) is 16.8 Å². The largest absolute Gasteiger partial charge is 0.505 e. The summed E-state index contributed by atoms with van der Waals surface area (Å²) in [6.07, 6.45) is 2.61. The molecule has 2 aromatic rings. The summed E-state index contributed by atoms with van der Waals surface area (Å²) in [7, 11) is 0. The second-order valence-electron chi connectivity index (χ2n) is 3.59. The second-order valence-corrected chi connectivity index (χ2v) is 3.59. The van der Waals surface area contributed by atoms with E-state index in [4.69, 9.17) is 5.11 Å². The first-order valence-electron chi connectivity index (χ1n) is 5.23. The number of nitrogens with zero attached hydrogens (tertiary/aromatic N) is 2. The molecule has 7 heteroatoms. The lowest BCUT2D eigenvalue weighted by molar-refractivity contribution is 0.0693. The Morgan fingerprint density at radius 1 is 1.16 bits per heavy atom. The van der Waals surface area contributed by atoms with Crippen molar-refractivity contribution in [2.75, 3.05) is 5.32 Å². The Morgan fingerprint density at radius 2 is 1.95 bits per heavy atom. The maximum atomic E-state index is 11.8. The van der Waals surface area contributed by atoms with Gasteiger partial charge in [-0.05, 0) is 18.2 Å². The third-order valence-electron chi connectivity index (χ3n) is 2.36. The highest BCUT2D eigenvalue weighted by Crippen LogP contribution is 2.27. The first kappa shape index (κ1) is 12.5. The standard InChI is InChI=1S/C12H9N3O4/c16-10-8(12(18)19)2-1-3-9(10)15-11(17)7-4-5-13-14-6-7/h1-6,16H,(H,15,17)(H,18,19). The molecule has 0 fully saturated rings. The molecule has 3 N–H and O–H groups in total. The molecule has 1 aromatic heterocycles. The van der Waals surface area contributed by atoms with Crippen LogP contribution in [0.2, 0.25) is 0 Å². The predicted molar refractivity (Wildman–Crippen MR) is 65.1 cm³/mol. The molecule has 1 heterocycles. The lowest BCUT2D eigenvalue weighted by atomic mass is 10.1. The van der Waals surface area contributed by atoms with Crippen molar-refractivity contribution in [3.63, 3.8) is 0 Å². The quantitative estimate of drug-likeness (QED) is 0.712. The molecule has 0 aliphatic rings. The first-order valence-corrected chi connectivity index (χ1v) is 5.23. The van der Waals surface area contributed by atoms with Gasteiger partial charge in [-0.25, -0.2) is 4.79 Å². The minimum Gasteiger partial charge on any atom is -0.505 e. The Hall–Kier alpha value is -2.96. The zero-order valence-electron chi connectivity index (χ0n) is 9.57. The second kappa shape index (κ2) is 5.13. The number of carboxylic acid groups (broad SMARTS) is 1. The van der Waals surface area contributed by atoms with Crippen LogP contribution in [-0.4, -0.2) is 32.3 Å². The molecule has 19 heavy (non-hydrogen) atoms. The molecule has 0 unspecified atom stereocenters. The average Bonchev–Trinajstić information content (AvgIpc) is 2.41. The molecule has 0 bridgehead atoms. The summed E-state index contributed by atoms with van der Waals surface area (Å²) >= 11 is 0. The fraction of sp³-hybridized carbons (Fsp3) is 0. The molecule has 2 rings (SSSR count). The monoisotopic (exact) mass is 259 g/mol. The average molecular weight is 259 g/mol. The van der Waals surface area contributed by atoms with Crippen LogP contribution in [-0.2, 0) is 0 Å². The lowest BCUT2D eigenvalue weighted by Crippen LogP contribution is -2.13.